The summed E-state index contributed by atoms with van der Waals surface area (Å²) in [5.74, 6) is 0.858. The van der Waals surface area contributed by atoms with Crippen LogP contribution in [0.2, 0.25) is 0 Å². The normalized spacial score (nSPS) is 11.4. The minimum Gasteiger partial charge on any atom is -0.377 e. The molecule has 0 aliphatic carbocycles. The van der Waals surface area contributed by atoms with Crippen LogP contribution in [0.3, 0.4) is 0 Å². The van der Waals surface area contributed by atoms with Gasteiger partial charge in [-0.05, 0) is 24.5 Å². The maximum atomic E-state index is 5.39. The number of nitrogens with zero attached hydrogens (tertiary/aromatic N) is 1. The molecule has 0 spiro atoms. The Hall–Kier alpha value is -1.55. The summed E-state index contributed by atoms with van der Waals surface area (Å²) in [7, 11) is 1.80. The van der Waals surface area contributed by atoms with Crippen LogP contribution < -0.4 is 10.6 Å². The lowest BCUT2D eigenvalue weighted by Crippen LogP contribution is -2.37. The summed E-state index contributed by atoms with van der Waals surface area (Å²) in [5.41, 5.74) is 2.45. The van der Waals surface area contributed by atoms with E-state index in [1.807, 2.05) is 6.92 Å². The quantitative estimate of drug-likeness (QED) is 0.436. The molecule has 4 nitrogen and oxygen atoms in total. The van der Waals surface area contributed by atoms with Gasteiger partial charge in [0.1, 0.15) is 0 Å². The van der Waals surface area contributed by atoms with Gasteiger partial charge in [-0.3, -0.25) is 4.99 Å². The third-order valence-corrected chi connectivity index (χ3v) is 3.00. The Morgan fingerprint density at radius 3 is 2.40 bits per heavy atom. The zero-order chi connectivity index (χ0) is 14.6. The van der Waals surface area contributed by atoms with Gasteiger partial charge in [-0.1, -0.05) is 37.6 Å². The predicted octanol–water partition coefficient (Wildman–Crippen LogP) is 2.69. The first-order valence-corrected chi connectivity index (χ1v) is 7.40. The topological polar surface area (TPSA) is 45.7 Å². The van der Waals surface area contributed by atoms with E-state index in [-0.39, 0.29) is 0 Å². The molecule has 0 atom stereocenters. The molecular weight excluding hydrogens is 250 g/mol. The first kappa shape index (κ1) is 16.5. The van der Waals surface area contributed by atoms with Crippen LogP contribution in [0.15, 0.2) is 29.3 Å². The molecule has 0 saturated carbocycles. The highest BCUT2D eigenvalue weighted by Crippen LogP contribution is 2.05. The molecule has 0 radical (unpaired) electrons. The van der Waals surface area contributed by atoms with E-state index in [9.17, 15) is 0 Å². The predicted molar refractivity (Wildman–Crippen MR) is 84.9 cm³/mol. The molecule has 112 valence electrons. The number of guanidine groups is 1. The van der Waals surface area contributed by atoms with Gasteiger partial charge in [-0.25, -0.2) is 0 Å². The average molecular weight is 277 g/mol. The minimum atomic E-state index is 0.685. The standard InChI is InChI=1S/C16H27N3O/c1-4-6-11-18-16(17-3)19-12-14-7-9-15(10-8-14)13-20-5-2/h7-10H,4-6,11-13H2,1-3H3,(H2,17,18,19). The van der Waals surface area contributed by atoms with Gasteiger partial charge in [0.2, 0.25) is 0 Å². The van der Waals surface area contributed by atoms with Crippen LogP contribution in [0.4, 0.5) is 0 Å². The average Bonchev–Trinajstić information content (AvgIpc) is 2.49. The number of ether oxygens (including phenoxy) is 1. The Labute approximate surface area is 122 Å². The van der Waals surface area contributed by atoms with E-state index in [1.165, 1.54) is 17.5 Å². The number of unbranched alkanes of at least 4 members (excludes halogenated alkanes) is 1. The van der Waals surface area contributed by atoms with Crippen molar-refractivity contribution in [2.45, 2.75) is 39.8 Å². The molecule has 0 amide bonds. The first-order valence-electron chi connectivity index (χ1n) is 7.40. The van der Waals surface area contributed by atoms with Crippen LogP contribution in [0, 0.1) is 0 Å². The summed E-state index contributed by atoms with van der Waals surface area (Å²) in [5, 5.41) is 6.61. The van der Waals surface area contributed by atoms with E-state index in [0.29, 0.717) is 6.61 Å². The number of rotatable bonds is 8. The van der Waals surface area contributed by atoms with Crippen molar-refractivity contribution in [2.24, 2.45) is 4.99 Å². The second-order valence-corrected chi connectivity index (χ2v) is 4.66. The van der Waals surface area contributed by atoms with Crippen molar-refractivity contribution in [3.8, 4) is 0 Å². The highest BCUT2D eigenvalue weighted by molar-refractivity contribution is 5.79. The van der Waals surface area contributed by atoms with Crippen molar-refractivity contribution in [2.75, 3.05) is 20.2 Å². The lowest BCUT2D eigenvalue weighted by molar-refractivity contribution is 0.134. The number of nitrogens with one attached hydrogen (secondary N) is 2. The summed E-state index contributed by atoms with van der Waals surface area (Å²) < 4.78 is 5.39. The second-order valence-electron chi connectivity index (χ2n) is 4.66. The smallest absolute Gasteiger partial charge is 0.191 e. The molecule has 1 aromatic carbocycles. The fourth-order valence-electron chi connectivity index (χ4n) is 1.76. The molecule has 0 bridgehead atoms. The van der Waals surface area contributed by atoms with Gasteiger partial charge in [-0.2, -0.15) is 0 Å². The summed E-state index contributed by atoms with van der Waals surface area (Å²) in [6.07, 6.45) is 2.35. The third kappa shape index (κ3) is 6.57. The molecule has 1 aromatic rings. The maximum absolute atomic E-state index is 5.39. The Morgan fingerprint density at radius 1 is 1.10 bits per heavy atom. The molecule has 0 aliphatic heterocycles. The van der Waals surface area contributed by atoms with Gasteiger partial charge in [0, 0.05) is 26.7 Å². The number of hydrogen-bond donors (Lipinski definition) is 2. The van der Waals surface area contributed by atoms with Crippen molar-refractivity contribution < 1.29 is 4.74 Å². The minimum absolute atomic E-state index is 0.685. The summed E-state index contributed by atoms with van der Waals surface area (Å²) in [4.78, 5) is 4.21. The van der Waals surface area contributed by atoms with Gasteiger partial charge < -0.3 is 15.4 Å². The van der Waals surface area contributed by atoms with Gasteiger partial charge in [0.15, 0.2) is 5.96 Å². The Kier molecular flexibility index (Phi) is 8.47. The molecule has 20 heavy (non-hydrogen) atoms. The molecule has 0 aromatic heterocycles. The van der Waals surface area contributed by atoms with Crippen molar-refractivity contribution in [3.05, 3.63) is 35.4 Å². The van der Waals surface area contributed by atoms with Gasteiger partial charge in [0.05, 0.1) is 6.61 Å². The van der Waals surface area contributed by atoms with E-state index in [0.717, 1.165) is 32.1 Å². The van der Waals surface area contributed by atoms with E-state index in [1.54, 1.807) is 7.05 Å². The number of aliphatic imine (C=N–C) groups is 1. The molecule has 1 rings (SSSR count). The number of hydrogen-bond acceptors (Lipinski definition) is 2. The SMILES string of the molecule is CCCCNC(=NC)NCc1ccc(COCC)cc1. The summed E-state index contributed by atoms with van der Waals surface area (Å²) in [6, 6.07) is 8.47. The molecule has 2 N–H and O–H groups in total. The molecule has 0 unspecified atom stereocenters. The van der Waals surface area contributed by atoms with E-state index >= 15 is 0 Å². The Balaban J connectivity index is 2.36. The molecule has 0 fully saturated rings. The fourth-order valence-corrected chi connectivity index (χ4v) is 1.76. The van der Waals surface area contributed by atoms with Crippen LogP contribution in [-0.4, -0.2) is 26.2 Å². The zero-order valence-electron chi connectivity index (χ0n) is 12.9. The van der Waals surface area contributed by atoms with Crippen molar-refractivity contribution in [1.82, 2.24) is 10.6 Å². The third-order valence-electron chi connectivity index (χ3n) is 3.00. The van der Waals surface area contributed by atoms with Crippen molar-refractivity contribution in [3.63, 3.8) is 0 Å². The highest BCUT2D eigenvalue weighted by atomic mass is 16.5. The number of benzene rings is 1. The van der Waals surface area contributed by atoms with E-state index < -0.39 is 0 Å². The van der Waals surface area contributed by atoms with E-state index in [4.69, 9.17) is 4.74 Å². The van der Waals surface area contributed by atoms with Crippen LogP contribution >= 0.6 is 0 Å². The molecular formula is C16H27N3O. The van der Waals surface area contributed by atoms with Gasteiger partial charge >= 0.3 is 0 Å². The summed E-state index contributed by atoms with van der Waals surface area (Å²) in [6.45, 7) is 7.37. The highest BCUT2D eigenvalue weighted by Gasteiger charge is 1.98. The fraction of sp³-hybridized carbons (Fsp3) is 0.562. The van der Waals surface area contributed by atoms with Crippen molar-refractivity contribution >= 4 is 5.96 Å². The van der Waals surface area contributed by atoms with Crippen molar-refractivity contribution in [1.29, 1.82) is 0 Å². The molecule has 0 heterocycles. The summed E-state index contributed by atoms with van der Waals surface area (Å²) >= 11 is 0. The second kappa shape index (κ2) is 10.3. The van der Waals surface area contributed by atoms with Crippen LogP contribution in [0.1, 0.15) is 37.8 Å². The van der Waals surface area contributed by atoms with Gasteiger partial charge in [0.25, 0.3) is 0 Å². The maximum Gasteiger partial charge on any atom is 0.191 e. The Morgan fingerprint density at radius 2 is 1.80 bits per heavy atom. The first-order chi connectivity index (χ1) is 9.80. The van der Waals surface area contributed by atoms with Crippen LogP contribution in [0.5, 0.6) is 0 Å². The molecule has 4 heteroatoms. The largest absolute Gasteiger partial charge is 0.377 e. The molecule has 0 aliphatic rings. The lowest BCUT2D eigenvalue weighted by atomic mass is 10.1. The van der Waals surface area contributed by atoms with Gasteiger partial charge in [-0.15, -0.1) is 0 Å². The van der Waals surface area contributed by atoms with Crippen LogP contribution in [0.25, 0.3) is 0 Å². The Bertz CT molecular complexity index is 387. The zero-order valence-corrected chi connectivity index (χ0v) is 12.9. The monoisotopic (exact) mass is 277 g/mol. The lowest BCUT2D eigenvalue weighted by Gasteiger charge is -2.11. The molecule has 0 saturated heterocycles. The van der Waals surface area contributed by atoms with Crippen LogP contribution in [-0.2, 0) is 17.9 Å². The van der Waals surface area contributed by atoms with E-state index in [2.05, 4.69) is 46.8 Å².